The molecule has 3 heterocycles. The highest BCUT2D eigenvalue weighted by Gasteiger charge is 2.77. The Bertz CT molecular complexity index is 1250. The number of esters is 2. The summed E-state index contributed by atoms with van der Waals surface area (Å²) in [5.74, 6) is -2.24. The number of ether oxygens (including phenoxy) is 2. The van der Waals surface area contributed by atoms with Gasteiger partial charge in [-0.1, -0.05) is 25.0 Å². The van der Waals surface area contributed by atoms with Crippen molar-refractivity contribution in [1.29, 1.82) is 0 Å². The van der Waals surface area contributed by atoms with E-state index < -0.39 is 58.3 Å². The van der Waals surface area contributed by atoms with Gasteiger partial charge in [-0.2, -0.15) is 0 Å². The summed E-state index contributed by atoms with van der Waals surface area (Å²) in [6.45, 7) is 10.8. The van der Waals surface area contributed by atoms with E-state index in [4.69, 9.17) is 19.2 Å². The lowest BCUT2D eigenvalue weighted by atomic mass is 9.41. The Morgan fingerprint density at radius 2 is 1.92 bits per heavy atom. The van der Waals surface area contributed by atoms with Gasteiger partial charge >= 0.3 is 11.9 Å². The third-order valence-corrected chi connectivity index (χ3v) is 11.4. The lowest BCUT2D eigenvalue weighted by Gasteiger charge is -2.67. The molecule has 9 nitrogen and oxygen atoms in total. The van der Waals surface area contributed by atoms with E-state index >= 15 is 0 Å². The Hall–Kier alpha value is -2.33. The smallest absolute Gasteiger partial charge is 0.333 e. The molecule has 0 aromatic rings. The van der Waals surface area contributed by atoms with Crippen molar-refractivity contribution in [3.05, 3.63) is 34.9 Å². The number of fused-ring (bicyclic) bond motifs is 4. The van der Waals surface area contributed by atoms with Crippen LogP contribution < -0.4 is 0 Å². The van der Waals surface area contributed by atoms with Crippen LogP contribution >= 0.6 is 0 Å². The minimum atomic E-state index is -1.60. The number of rotatable bonds is 3. The Balaban J connectivity index is 1.43. The zero-order valence-electron chi connectivity index (χ0n) is 23.4. The molecule has 2 saturated carbocycles. The first-order valence-corrected chi connectivity index (χ1v) is 14.0. The lowest BCUT2D eigenvalue weighted by molar-refractivity contribution is -0.436. The first kappa shape index (κ1) is 26.9. The molecule has 1 saturated heterocycles. The summed E-state index contributed by atoms with van der Waals surface area (Å²) >= 11 is 0. The molecule has 0 aromatic carbocycles. The number of Topliss-reactive ketones (excluding diaryl/α,β-unsaturated/α-hetero) is 1. The number of cyclic esters (lactones) is 1. The molecule has 3 fully saturated rings. The molecule has 39 heavy (non-hydrogen) atoms. The highest BCUT2D eigenvalue weighted by atomic mass is 17.2. The molecule has 1 spiro atoms. The van der Waals surface area contributed by atoms with Crippen molar-refractivity contribution in [3.8, 4) is 0 Å². The van der Waals surface area contributed by atoms with E-state index in [1.165, 1.54) is 6.92 Å². The molecular formula is C30H38O9. The van der Waals surface area contributed by atoms with E-state index in [-0.39, 0.29) is 30.0 Å². The highest BCUT2D eigenvalue weighted by molar-refractivity contribution is 5.94. The number of carbonyl (C=O) groups excluding carboxylic acids is 3. The normalized spacial score (nSPS) is 49.1. The largest absolute Gasteiger partial charge is 0.458 e. The Morgan fingerprint density at radius 1 is 1.21 bits per heavy atom. The third-order valence-electron chi connectivity index (χ3n) is 11.4. The minimum Gasteiger partial charge on any atom is -0.458 e. The fourth-order valence-corrected chi connectivity index (χ4v) is 9.01. The quantitative estimate of drug-likeness (QED) is 0.314. The second kappa shape index (κ2) is 8.35. The van der Waals surface area contributed by atoms with E-state index in [9.17, 15) is 24.6 Å². The predicted octanol–water partition coefficient (Wildman–Crippen LogP) is 2.89. The first-order valence-electron chi connectivity index (χ1n) is 14.0. The van der Waals surface area contributed by atoms with Crippen LogP contribution in [0.25, 0.3) is 0 Å². The van der Waals surface area contributed by atoms with Crippen LogP contribution in [0.5, 0.6) is 0 Å². The molecule has 9 heteroatoms. The van der Waals surface area contributed by atoms with Gasteiger partial charge in [-0.25, -0.2) is 14.6 Å². The molecule has 0 radical (unpaired) electrons. The molecule has 11 atom stereocenters. The van der Waals surface area contributed by atoms with Crippen LogP contribution in [0.15, 0.2) is 34.9 Å². The molecular weight excluding hydrogens is 504 g/mol. The van der Waals surface area contributed by atoms with Gasteiger partial charge in [0.05, 0.1) is 11.5 Å². The Morgan fingerprint density at radius 3 is 2.54 bits per heavy atom. The Kier molecular flexibility index (Phi) is 5.75. The fourth-order valence-electron chi connectivity index (χ4n) is 9.01. The number of hydrogen-bond donors (Lipinski definition) is 2. The van der Waals surface area contributed by atoms with Crippen molar-refractivity contribution < 1.29 is 43.8 Å². The first-order chi connectivity index (χ1) is 18.2. The van der Waals surface area contributed by atoms with E-state index in [1.54, 1.807) is 19.1 Å². The van der Waals surface area contributed by atoms with Crippen LogP contribution in [0.3, 0.4) is 0 Å². The summed E-state index contributed by atoms with van der Waals surface area (Å²) in [7, 11) is 0. The number of aliphatic hydroxyl groups excluding tert-OH is 1. The maximum Gasteiger partial charge on any atom is 0.333 e. The van der Waals surface area contributed by atoms with E-state index in [0.717, 1.165) is 11.1 Å². The molecule has 4 aliphatic carbocycles. The van der Waals surface area contributed by atoms with Gasteiger partial charge in [0.15, 0.2) is 17.5 Å². The molecule has 2 bridgehead atoms. The molecule has 3 aliphatic heterocycles. The van der Waals surface area contributed by atoms with Crippen LogP contribution in [0.2, 0.25) is 0 Å². The molecule has 7 aliphatic rings. The molecule has 2 N–H and O–H groups in total. The SMILES string of the molecule is CC(=O)O[C@H]1C=C([C@H](C)[C@H]2CC(C)=C(C)C(=O)O2)[C@@]2(C)CC[C@H]3[C@@H](C[C@@H](O)[C@]45C=C[C@H](OO4)C(=O)[C@]35C)[C@@]12O. The standard InChI is InChI=1S/C30H38O9/c1-14-11-22(37-26(34)15(14)2)16(3)19-13-24(36-17(4)31)30(35)20-12-23(32)29-10-8-21(38-39-29)25(33)28(29,6)18(20)7-9-27(19,30)5/h8,10,13,16,18,20-24,32,35H,7,9,11-12H2,1-6H3/t16-,18-,20+,21-,22+,23+,24-,27+,28-,29-,30+/m0/s1. The highest BCUT2D eigenvalue weighted by Crippen LogP contribution is 2.70. The number of ketones is 1. The third kappa shape index (κ3) is 3.13. The molecule has 0 amide bonds. The second-order valence-corrected chi connectivity index (χ2v) is 13.0. The summed E-state index contributed by atoms with van der Waals surface area (Å²) in [4.78, 5) is 49.7. The van der Waals surface area contributed by atoms with Crippen molar-refractivity contribution in [2.24, 2.45) is 28.6 Å². The second-order valence-electron chi connectivity index (χ2n) is 13.0. The maximum atomic E-state index is 13.7. The van der Waals surface area contributed by atoms with Gasteiger partial charge in [-0.15, -0.1) is 0 Å². The number of hydrogen-bond acceptors (Lipinski definition) is 9. The molecule has 7 rings (SSSR count). The average Bonchev–Trinajstić information content (AvgIpc) is 3.11. The number of carbonyl (C=O) groups is 3. The van der Waals surface area contributed by atoms with Gasteiger partial charge in [0.2, 0.25) is 0 Å². The van der Waals surface area contributed by atoms with Crippen LogP contribution in [0.1, 0.15) is 67.2 Å². The summed E-state index contributed by atoms with van der Waals surface area (Å²) < 4.78 is 11.6. The molecule has 212 valence electrons. The van der Waals surface area contributed by atoms with Gasteiger partial charge < -0.3 is 19.7 Å². The van der Waals surface area contributed by atoms with Crippen LogP contribution in [0.4, 0.5) is 0 Å². The van der Waals surface area contributed by atoms with Gasteiger partial charge in [-0.3, -0.25) is 9.59 Å². The zero-order valence-corrected chi connectivity index (χ0v) is 23.4. The molecule has 0 unspecified atom stereocenters. The fraction of sp³-hybridized carbons (Fsp3) is 0.700. The topological polar surface area (TPSA) is 129 Å². The van der Waals surface area contributed by atoms with Crippen molar-refractivity contribution in [2.45, 2.75) is 103 Å². The van der Waals surface area contributed by atoms with Crippen molar-refractivity contribution in [2.75, 3.05) is 0 Å². The average molecular weight is 543 g/mol. The molecule has 0 aromatic heterocycles. The zero-order chi connectivity index (χ0) is 28.3. The van der Waals surface area contributed by atoms with E-state index in [0.29, 0.717) is 24.8 Å². The van der Waals surface area contributed by atoms with Crippen molar-refractivity contribution in [1.82, 2.24) is 0 Å². The summed E-state index contributed by atoms with van der Waals surface area (Å²) in [6.07, 6.45) is 3.61. The van der Waals surface area contributed by atoms with Crippen LogP contribution in [0, 0.1) is 28.6 Å². The van der Waals surface area contributed by atoms with Gasteiger partial charge in [-0.05, 0) is 70.1 Å². The Labute approximate surface area is 228 Å². The predicted molar refractivity (Wildman–Crippen MR) is 137 cm³/mol. The van der Waals surface area contributed by atoms with Gasteiger partial charge in [0.25, 0.3) is 0 Å². The summed E-state index contributed by atoms with van der Waals surface area (Å²) in [6, 6.07) is 0. The summed E-state index contributed by atoms with van der Waals surface area (Å²) in [5.41, 5.74) is -2.48. The van der Waals surface area contributed by atoms with Crippen LogP contribution in [-0.4, -0.2) is 63.6 Å². The van der Waals surface area contributed by atoms with Gasteiger partial charge in [0, 0.05) is 30.3 Å². The number of aliphatic hydroxyl groups is 2. The van der Waals surface area contributed by atoms with Crippen molar-refractivity contribution in [3.63, 3.8) is 0 Å². The van der Waals surface area contributed by atoms with Crippen LogP contribution in [-0.2, 0) is 33.6 Å². The lowest BCUT2D eigenvalue weighted by Crippen LogP contribution is -2.77. The maximum absolute atomic E-state index is 13.7. The monoisotopic (exact) mass is 542 g/mol. The summed E-state index contributed by atoms with van der Waals surface area (Å²) in [5, 5.41) is 24.4. The van der Waals surface area contributed by atoms with Gasteiger partial charge in [0.1, 0.15) is 17.8 Å². The van der Waals surface area contributed by atoms with E-state index in [1.807, 2.05) is 33.8 Å². The van der Waals surface area contributed by atoms with Crippen molar-refractivity contribution >= 4 is 17.7 Å². The van der Waals surface area contributed by atoms with E-state index in [2.05, 4.69) is 0 Å². The minimum absolute atomic E-state index is 0.130.